The largest absolute Gasteiger partial charge is 0.303 e. The number of rotatable bonds is 4. The van der Waals surface area contributed by atoms with Crippen molar-refractivity contribution in [2.24, 2.45) is 11.8 Å². The summed E-state index contributed by atoms with van der Waals surface area (Å²) < 4.78 is 0. The first-order valence-electron chi connectivity index (χ1n) is 5.52. The first-order chi connectivity index (χ1) is 7.24. The lowest BCUT2D eigenvalue weighted by Crippen LogP contribution is -2.34. The molecule has 0 spiro atoms. The summed E-state index contributed by atoms with van der Waals surface area (Å²) in [5, 5.41) is 0. The minimum atomic E-state index is -0.0984. The maximum atomic E-state index is 11.8. The number of carbonyl (C=O) groups excluding carboxylic acids is 3. The predicted molar refractivity (Wildman–Crippen MR) is 52.8 cm³/mol. The van der Waals surface area contributed by atoms with Crippen LogP contribution in [-0.2, 0) is 14.4 Å². The van der Waals surface area contributed by atoms with Crippen LogP contribution in [0.3, 0.4) is 0 Å². The fourth-order valence-corrected chi connectivity index (χ4v) is 2.34. The van der Waals surface area contributed by atoms with Crippen molar-refractivity contribution in [2.75, 3.05) is 6.54 Å². The number of hydrogen-bond donors (Lipinski definition) is 0. The van der Waals surface area contributed by atoms with Crippen LogP contribution in [0.15, 0.2) is 0 Å². The van der Waals surface area contributed by atoms with Gasteiger partial charge in [-0.05, 0) is 18.8 Å². The molecule has 0 radical (unpaired) electrons. The molecule has 2 aliphatic rings. The van der Waals surface area contributed by atoms with Crippen LogP contribution in [0.5, 0.6) is 0 Å². The molecule has 2 fully saturated rings. The van der Waals surface area contributed by atoms with Crippen LogP contribution < -0.4 is 0 Å². The van der Waals surface area contributed by atoms with Crippen molar-refractivity contribution in [2.45, 2.75) is 32.1 Å². The SMILES string of the molecule is O=CCCN1C(=O)CC(C2CCC2)C1=O. The van der Waals surface area contributed by atoms with Crippen molar-refractivity contribution in [3.05, 3.63) is 0 Å². The van der Waals surface area contributed by atoms with Gasteiger partial charge in [0.1, 0.15) is 6.29 Å². The van der Waals surface area contributed by atoms with Gasteiger partial charge in [-0.3, -0.25) is 14.5 Å². The van der Waals surface area contributed by atoms with Gasteiger partial charge in [0, 0.05) is 19.4 Å². The van der Waals surface area contributed by atoms with Crippen LogP contribution in [0.1, 0.15) is 32.1 Å². The fourth-order valence-electron chi connectivity index (χ4n) is 2.34. The Bertz CT molecular complexity index is 296. The smallest absolute Gasteiger partial charge is 0.233 e. The van der Waals surface area contributed by atoms with E-state index in [9.17, 15) is 14.4 Å². The van der Waals surface area contributed by atoms with E-state index in [0.717, 1.165) is 19.1 Å². The molecule has 1 unspecified atom stereocenters. The van der Waals surface area contributed by atoms with E-state index in [-0.39, 0.29) is 30.7 Å². The summed E-state index contributed by atoms with van der Waals surface area (Å²) in [7, 11) is 0. The molecule has 0 aromatic heterocycles. The molecule has 1 heterocycles. The number of likely N-dealkylation sites (tertiary alicyclic amines) is 1. The predicted octanol–water partition coefficient (Wildman–Crippen LogP) is 0.751. The molecule has 0 N–H and O–H groups in total. The van der Waals surface area contributed by atoms with Crippen molar-refractivity contribution in [1.29, 1.82) is 0 Å². The molecule has 2 amide bonds. The number of imide groups is 1. The van der Waals surface area contributed by atoms with Crippen molar-refractivity contribution >= 4 is 18.1 Å². The minimum Gasteiger partial charge on any atom is -0.303 e. The standard InChI is InChI=1S/C11H15NO3/c13-6-2-5-12-10(14)7-9(11(12)15)8-3-1-4-8/h6,8-9H,1-5,7H2. The number of hydrogen-bond acceptors (Lipinski definition) is 3. The van der Waals surface area contributed by atoms with Gasteiger partial charge >= 0.3 is 0 Å². The van der Waals surface area contributed by atoms with E-state index < -0.39 is 0 Å². The van der Waals surface area contributed by atoms with Crippen LogP contribution in [0.25, 0.3) is 0 Å². The van der Waals surface area contributed by atoms with E-state index in [1.54, 1.807) is 0 Å². The van der Waals surface area contributed by atoms with Crippen LogP contribution >= 0.6 is 0 Å². The van der Waals surface area contributed by atoms with Crippen LogP contribution in [0.4, 0.5) is 0 Å². The molecule has 15 heavy (non-hydrogen) atoms. The molecule has 2 rings (SSSR count). The molecule has 1 atom stereocenters. The molecule has 0 bridgehead atoms. The van der Waals surface area contributed by atoms with Crippen molar-refractivity contribution in [3.8, 4) is 0 Å². The maximum Gasteiger partial charge on any atom is 0.233 e. The molecule has 0 aromatic carbocycles. The summed E-state index contributed by atoms with van der Waals surface area (Å²) in [5.41, 5.74) is 0. The third kappa shape index (κ3) is 1.80. The molecule has 0 aromatic rings. The van der Waals surface area contributed by atoms with Gasteiger partial charge in [0.15, 0.2) is 0 Å². The summed E-state index contributed by atoms with van der Waals surface area (Å²) in [6.07, 6.45) is 4.70. The average molecular weight is 209 g/mol. The minimum absolute atomic E-state index is 0.0495. The summed E-state index contributed by atoms with van der Waals surface area (Å²) in [4.78, 5) is 34.8. The van der Waals surface area contributed by atoms with Crippen molar-refractivity contribution in [3.63, 3.8) is 0 Å². The Balaban J connectivity index is 1.98. The molecule has 4 heteroatoms. The highest BCUT2D eigenvalue weighted by atomic mass is 16.2. The third-order valence-corrected chi connectivity index (χ3v) is 3.47. The Morgan fingerprint density at radius 1 is 1.33 bits per heavy atom. The van der Waals surface area contributed by atoms with Gasteiger partial charge in [0.05, 0.1) is 5.92 Å². The second kappa shape index (κ2) is 4.13. The molecular formula is C11H15NO3. The first kappa shape index (κ1) is 10.3. The molecule has 1 saturated carbocycles. The Hall–Kier alpha value is -1.19. The lowest BCUT2D eigenvalue weighted by molar-refractivity contribution is -0.140. The van der Waals surface area contributed by atoms with E-state index >= 15 is 0 Å². The quantitative estimate of drug-likeness (QED) is 0.507. The summed E-state index contributed by atoms with van der Waals surface area (Å²) in [6.45, 7) is 0.268. The normalized spacial score (nSPS) is 26.9. The second-order valence-electron chi connectivity index (χ2n) is 4.34. The maximum absolute atomic E-state index is 11.8. The van der Waals surface area contributed by atoms with Crippen LogP contribution in [0, 0.1) is 11.8 Å². The first-order valence-corrected chi connectivity index (χ1v) is 5.52. The molecule has 1 aliphatic heterocycles. The van der Waals surface area contributed by atoms with Gasteiger partial charge in [-0.1, -0.05) is 6.42 Å². The molecule has 4 nitrogen and oxygen atoms in total. The molecule has 1 saturated heterocycles. The van der Waals surface area contributed by atoms with Crippen LogP contribution in [0.2, 0.25) is 0 Å². The number of amides is 2. The summed E-state index contributed by atoms with van der Waals surface area (Å²) in [5.74, 6) is 0.186. The second-order valence-corrected chi connectivity index (χ2v) is 4.34. The number of aldehydes is 1. The Morgan fingerprint density at radius 3 is 2.60 bits per heavy atom. The lowest BCUT2D eigenvalue weighted by Gasteiger charge is -2.29. The lowest BCUT2D eigenvalue weighted by atomic mass is 9.75. The van der Waals surface area contributed by atoms with Gasteiger partial charge in [0.25, 0.3) is 0 Å². The Kier molecular flexibility index (Phi) is 2.84. The van der Waals surface area contributed by atoms with Gasteiger partial charge < -0.3 is 4.79 Å². The van der Waals surface area contributed by atoms with Gasteiger partial charge in [-0.25, -0.2) is 0 Å². The highest BCUT2D eigenvalue weighted by Crippen LogP contribution is 2.39. The third-order valence-electron chi connectivity index (χ3n) is 3.47. The Morgan fingerprint density at radius 2 is 2.07 bits per heavy atom. The topological polar surface area (TPSA) is 54.5 Å². The number of nitrogens with zero attached hydrogens (tertiary/aromatic N) is 1. The highest BCUT2D eigenvalue weighted by molar-refractivity contribution is 6.03. The Labute approximate surface area is 88.6 Å². The summed E-state index contributed by atoms with van der Waals surface area (Å²) >= 11 is 0. The zero-order valence-electron chi connectivity index (χ0n) is 8.65. The zero-order chi connectivity index (χ0) is 10.8. The average Bonchev–Trinajstić information content (AvgIpc) is 2.38. The van der Waals surface area contributed by atoms with E-state index in [4.69, 9.17) is 0 Å². The van der Waals surface area contributed by atoms with E-state index in [0.29, 0.717) is 12.3 Å². The van der Waals surface area contributed by atoms with Crippen molar-refractivity contribution in [1.82, 2.24) is 4.90 Å². The fraction of sp³-hybridized carbons (Fsp3) is 0.727. The molecule has 82 valence electrons. The van der Waals surface area contributed by atoms with E-state index in [1.807, 2.05) is 0 Å². The van der Waals surface area contributed by atoms with Crippen molar-refractivity contribution < 1.29 is 14.4 Å². The molecule has 1 aliphatic carbocycles. The highest BCUT2D eigenvalue weighted by Gasteiger charge is 2.43. The van der Waals surface area contributed by atoms with E-state index in [2.05, 4.69) is 0 Å². The summed E-state index contributed by atoms with van der Waals surface area (Å²) in [6, 6.07) is 0. The number of carbonyl (C=O) groups is 3. The van der Waals surface area contributed by atoms with Gasteiger partial charge in [0.2, 0.25) is 11.8 Å². The zero-order valence-corrected chi connectivity index (χ0v) is 8.65. The molecular weight excluding hydrogens is 194 g/mol. The van der Waals surface area contributed by atoms with E-state index in [1.165, 1.54) is 11.3 Å². The van der Waals surface area contributed by atoms with Gasteiger partial charge in [-0.15, -0.1) is 0 Å². The van der Waals surface area contributed by atoms with Crippen LogP contribution in [-0.4, -0.2) is 29.5 Å². The monoisotopic (exact) mass is 209 g/mol. The van der Waals surface area contributed by atoms with Gasteiger partial charge in [-0.2, -0.15) is 0 Å².